The monoisotopic (exact) mass is 410 g/mol. The lowest BCUT2D eigenvalue weighted by molar-refractivity contribution is 0.296. The zero-order valence-electron chi connectivity index (χ0n) is 14.3. The van der Waals surface area contributed by atoms with Crippen LogP contribution in [0.1, 0.15) is 43.5 Å². The molecule has 0 radical (unpaired) electrons. The first kappa shape index (κ1) is 17.7. The molecule has 0 amide bonds. The first-order valence-electron chi connectivity index (χ1n) is 8.17. The molecule has 0 unspecified atom stereocenters. The zero-order valence-corrected chi connectivity index (χ0v) is 16.7. The van der Waals surface area contributed by atoms with Gasteiger partial charge in [-0.1, -0.05) is 20.8 Å². The molecule has 1 aromatic carbocycles. The summed E-state index contributed by atoms with van der Waals surface area (Å²) in [6, 6.07) is 4.14. The largest absolute Gasteiger partial charge is 0.490 e. The molecule has 6 heteroatoms. The Morgan fingerprint density at radius 1 is 1.21 bits per heavy atom. The van der Waals surface area contributed by atoms with Crippen LogP contribution in [0.5, 0.6) is 11.5 Å². The third-order valence-electron chi connectivity index (χ3n) is 3.69. The highest BCUT2D eigenvalue weighted by molar-refractivity contribution is 9.10. The first-order valence-corrected chi connectivity index (χ1v) is 9.84. The van der Waals surface area contributed by atoms with Crippen molar-refractivity contribution in [3.05, 3.63) is 38.3 Å². The van der Waals surface area contributed by atoms with Crippen LogP contribution in [0.2, 0.25) is 0 Å². The minimum atomic E-state index is 0.113. The maximum absolute atomic E-state index is 5.78. The van der Waals surface area contributed by atoms with Crippen LogP contribution < -0.4 is 14.8 Å². The van der Waals surface area contributed by atoms with Gasteiger partial charge < -0.3 is 14.8 Å². The van der Waals surface area contributed by atoms with E-state index in [0.717, 1.165) is 46.7 Å². The number of fused-ring (bicyclic) bond motifs is 1. The second-order valence-electron chi connectivity index (χ2n) is 6.95. The highest BCUT2D eigenvalue weighted by atomic mass is 79.9. The lowest BCUT2D eigenvalue weighted by Gasteiger charge is -2.13. The van der Waals surface area contributed by atoms with Crippen LogP contribution in [0, 0.1) is 0 Å². The molecule has 3 rings (SSSR count). The van der Waals surface area contributed by atoms with Crippen LogP contribution in [0.3, 0.4) is 0 Å². The van der Waals surface area contributed by atoms with Gasteiger partial charge in [-0.05, 0) is 33.6 Å². The number of thiazole rings is 1. The predicted molar refractivity (Wildman–Crippen MR) is 101 cm³/mol. The van der Waals surface area contributed by atoms with Crippen LogP contribution in [-0.4, -0.2) is 18.2 Å². The third kappa shape index (κ3) is 4.29. The SMILES string of the molecule is CC(C)(C)c1nc(CNCc2cc(Br)c3c(c2)OCCCO3)cs1. The number of hydrogen-bond acceptors (Lipinski definition) is 5. The number of nitrogens with one attached hydrogen (secondary N) is 1. The molecule has 4 nitrogen and oxygen atoms in total. The van der Waals surface area contributed by atoms with E-state index in [-0.39, 0.29) is 5.41 Å². The summed E-state index contributed by atoms with van der Waals surface area (Å²) in [5.41, 5.74) is 2.37. The maximum atomic E-state index is 5.78. The van der Waals surface area contributed by atoms with Gasteiger partial charge in [-0.25, -0.2) is 4.98 Å². The Morgan fingerprint density at radius 2 is 2.00 bits per heavy atom. The lowest BCUT2D eigenvalue weighted by Crippen LogP contribution is -2.14. The highest BCUT2D eigenvalue weighted by Gasteiger charge is 2.18. The molecule has 1 aliphatic rings. The molecule has 2 aromatic rings. The van der Waals surface area contributed by atoms with Crippen molar-refractivity contribution in [2.75, 3.05) is 13.2 Å². The van der Waals surface area contributed by atoms with Gasteiger partial charge in [0.2, 0.25) is 0 Å². The highest BCUT2D eigenvalue weighted by Crippen LogP contribution is 2.38. The van der Waals surface area contributed by atoms with Crippen LogP contribution in [-0.2, 0) is 18.5 Å². The van der Waals surface area contributed by atoms with E-state index in [1.807, 2.05) is 0 Å². The van der Waals surface area contributed by atoms with Gasteiger partial charge in [0.25, 0.3) is 0 Å². The number of rotatable bonds is 4. The summed E-state index contributed by atoms with van der Waals surface area (Å²) >= 11 is 5.32. The number of hydrogen-bond donors (Lipinski definition) is 1. The van der Waals surface area contributed by atoms with Crippen molar-refractivity contribution in [1.29, 1.82) is 0 Å². The zero-order chi connectivity index (χ0) is 17.2. The Morgan fingerprint density at radius 3 is 2.75 bits per heavy atom. The summed E-state index contributed by atoms with van der Waals surface area (Å²) in [7, 11) is 0. The van der Waals surface area contributed by atoms with E-state index in [4.69, 9.17) is 14.5 Å². The fraction of sp³-hybridized carbons (Fsp3) is 0.500. The van der Waals surface area contributed by atoms with E-state index in [9.17, 15) is 0 Å². The third-order valence-corrected chi connectivity index (χ3v) is 5.60. The molecule has 1 aromatic heterocycles. The molecule has 0 saturated carbocycles. The fourth-order valence-corrected chi connectivity index (χ4v) is 3.96. The number of benzene rings is 1. The molecule has 1 N–H and O–H groups in total. The average Bonchev–Trinajstić information content (AvgIpc) is 2.86. The van der Waals surface area contributed by atoms with Crippen LogP contribution in [0.25, 0.3) is 0 Å². The molecule has 130 valence electrons. The van der Waals surface area contributed by atoms with Gasteiger partial charge in [0.05, 0.1) is 28.4 Å². The molecule has 0 atom stereocenters. The van der Waals surface area contributed by atoms with Gasteiger partial charge in [0.1, 0.15) is 0 Å². The molecule has 0 spiro atoms. The Labute approximate surface area is 155 Å². The summed E-state index contributed by atoms with van der Waals surface area (Å²) < 4.78 is 12.5. The van der Waals surface area contributed by atoms with Gasteiger partial charge in [-0.3, -0.25) is 0 Å². The minimum absolute atomic E-state index is 0.113. The summed E-state index contributed by atoms with van der Waals surface area (Å²) in [6.07, 6.45) is 0.911. The Balaban J connectivity index is 1.62. The number of nitrogens with zero attached hydrogens (tertiary/aromatic N) is 1. The molecular formula is C18H23BrN2O2S. The Kier molecular flexibility index (Phi) is 5.47. The van der Waals surface area contributed by atoms with Gasteiger partial charge in [-0.15, -0.1) is 11.3 Å². The quantitative estimate of drug-likeness (QED) is 0.795. The number of ether oxygens (including phenoxy) is 2. The van der Waals surface area contributed by atoms with E-state index in [0.29, 0.717) is 13.2 Å². The summed E-state index contributed by atoms with van der Waals surface area (Å²) in [4.78, 5) is 4.71. The predicted octanol–water partition coefficient (Wildman–Crippen LogP) is 4.65. The van der Waals surface area contributed by atoms with E-state index >= 15 is 0 Å². The molecule has 0 aliphatic carbocycles. The van der Waals surface area contributed by atoms with Crippen molar-refractivity contribution in [3.8, 4) is 11.5 Å². The van der Waals surface area contributed by atoms with E-state index in [2.05, 4.69) is 59.5 Å². The summed E-state index contributed by atoms with van der Waals surface area (Å²) in [6.45, 7) is 9.50. The second kappa shape index (κ2) is 7.42. The van der Waals surface area contributed by atoms with Crippen molar-refractivity contribution in [2.45, 2.75) is 45.7 Å². The van der Waals surface area contributed by atoms with Gasteiger partial charge in [0.15, 0.2) is 11.5 Å². The fourth-order valence-electron chi connectivity index (χ4n) is 2.45. The van der Waals surface area contributed by atoms with Crippen LogP contribution in [0.15, 0.2) is 22.0 Å². The molecule has 1 aliphatic heterocycles. The first-order chi connectivity index (χ1) is 11.4. The summed E-state index contributed by atoms with van der Waals surface area (Å²) in [5.74, 6) is 1.63. The van der Waals surface area contributed by atoms with Gasteiger partial charge in [-0.2, -0.15) is 0 Å². The normalized spacial score (nSPS) is 14.5. The van der Waals surface area contributed by atoms with Crippen molar-refractivity contribution >= 4 is 27.3 Å². The van der Waals surface area contributed by atoms with E-state index in [1.54, 1.807) is 11.3 Å². The lowest BCUT2D eigenvalue weighted by atomic mass is 9.98. The summed E-state index contributed by atoms with van der Waals surface area (Å²) in [5, 5.41) is 6.77. The second-order valence-corrected chi connectivity index (χ2v) is 8.67. The van der Waals surface area contributed by atoms with Crippen LogP contribution >= 0.6 is 27.3 Å². The van der Waals surface area contributed by atoms with Crippen LogP contribution in [0.4, 0.5) is 0 Å². The van der Waals surface area contributed by atoms with Crippen molar-refractivity contribution < 1.29 is 9.47 Å². The molecule has 24 heavy (non-hydrogen) atoms. The maximum Gasteiger partial charge on any atom is 0.175 e. The van der Waals surface area contributed by atoms with Crippen molar-refractivity contribution in [1.82, 2.24) is 10.3 Å². The van der Waals surface area contributed by atoms with E-state index in [1.165, 1.54) is 5.01 Å². The van der Waals surface area contributed by atoms with Crippen molar-refractivity contribution in [2.24, 2.45) is 0 Å². The Hall–Kier alpha value is -1.11. The minimum Gasteiger partial charge on any atom is -0.490 e. The molecular weight excluding hydrogens is 388 g/mol. The van der Waals surface area contributed by atoms with Gasteiger partial charge >= 0.3 is 0 Å². The standard InChI is InChI=1S/C18H23BrN2O2S/c1-18(2,3)17-21-13(11-24-17)10-20-9-12-7-14(19)16-15(8-12)22-5-4-6-23-16/h7-8,11,20H,4-6,9-10H2,1-3H3. The van der Waals surface area contributed by atoms with Crippen molar-refractivity contribution in [3.63, 3.8) is 0 Å². The number of aromatic nitrogens is 1. The van der Waals surface area contributed by atoms with E-state index < -0.39 is 0 Å². The number of halogens is 1. The molecule has 0 bridgehead atoms. The molecule has 2 heterocycles. The average molecular weight is 411 g/mol. The Bertz CT molecular complexity index is 710. The van der Waals surface area contributed by atoms with Gasteiger partial charge in [0, 0.05) is 30.3 Å². The molecule has 0 fully saturated rings. The smallest absolute Gasteiger partial charge is 0.175 e. The molecule has 0 saturated heterocycles. The topological polar surface area (TPSA) is 43.4 Å².